The van der Waals surface area contributed by atoms with Gasteiger partial charge in [0.15, 0.2) is 0 Å². The maximum atomic E-state index is 9.50. The summed E-state index contributed by atoms with van der Waals surface area (Å²) in [4.78, 5) is 4.11. The van der Waals surface area contributed by atoms with E-state index in [-0.39, 0.29) is 6.29 Å². The zero-order valence-electron chi connectivity index (χ0n) is 2.80. The lowest BCUT2D eigenvalue weighted by Crippen LogP contribution is -2.04. The van der Waals surface area contributed by atoms with E-state index in [1.807, 2.05) is 0 Å². The Morgan fingerprint density at radius 3 is 2.20 bits per heavy atom. The van der Waals surface area contributed by atoms with Crippen LogP contribution in [0.4, 0.5) is 0 Å². The summed E-state index contributed by atoms with van der Waals surface area (Å²) in [6, 6.07) is 0. The van der Waals surface area contributed by atoms with Gasteiger partial charge in [-0.15, -0.1) is 0 Å². The number of hydrogen-bond donors (Lipinski definition) is 0. The largest absolute Gasteiger partial charge is 0.483 e. The molecule has 0 saturated carbocycles. The molecule has 0 amide bonds. The molecule has 1 unspecified atom stereocenters. The molecule has 0 spiro atoms. The number of rotatable bonds is 0. The standard InChI is InChI=1S/C2H4O3/c1-2-4-5(2)3/h2H,1H3. The van der Waals surface area contributed by atoms with E-state index < -0.39 is 0 Å². The van der Waals surface area contributed by atoms with Crippen LogP contribution >= 0.6 is 0 Å². The third-order valence-electron chi connectivity index (χ3n) is 0.463. The van der Waals surface area contributed by atoms with Crippen molar-refractivity contribution in [2.75, 3.05) is 0 Å². The Balaban J connectivity index is 2.20. The van der Waals surface area contributed by atoms with E-state index in [9.17, 15) is 5.26 Å². The molecule has 0 aromatic rings. The Morgan fingerprint density at radius 1 is 2.00 bits per heavy atom. The van der Waals surface area contributed by atoms with Crippen molar-refractivity contribution in [1.29, 1.82) is 0 Å². The molecule has 0 N–H and O–H groups in total. The first kappa shape index (κ1) is 3.08. The van der Waals surface area contributed by atoms with Crippen molar-refractivity contribution in [3.8, 4) is 0 Å². The van der Waals surface area contributed by atoms with E-state index in [1.165, 1.54) is 0 Å². The maximum Gasteiger partial charge on any atom is 0.374 e. The summed E-state index contributed by atoms with van der Waals surface area (Å²) >= 11 is 0. The highest BCUT2D eigenvalue weighted by atomic mass is 17.7. The predicted molar refractivity (Wildman–Crippen MR) is 11.6 cm³/mol. The van der Waals surface area contributed by atoms with Gasteiger partial charge in [-0.3, -0.25) is 0 Å². The Labute approximate surface area is 29.3 Å². The second kappa shape index (κ2) is 0.680. The zero-order chi connectivity index (χ0) is 3.86. The van der Waals surface area contributed by atoms with Crippen LogP contribution < -0.4 is 5.26 Å². The van der Waals surface area contributed by atoms with E-state index >= 15 is 0 Å². The SMILES string of the molecule is CC1O[O+]1[O-]. The molecule has 5 heavy (non-hydrogen) atoms. The smallest absolute Gasteiger partial charge is 0.374 e. The summed E-state index contributed by atoms with van der Waals surface area (Å²) in [5, 5.41) is 9.50. The Bertz CT molecular complexity index is 38.2. The minimum absolute atomic E-state index is 0.255. The minimum atomic E-state index is -0.255. The van der Waals surface area contributed by atoms with Crippen LogP contribution in [0.2, 0.25) is 0 Å². The van der Waals surface area contributed by atoms with Gasteiger partial charge >= 0.3 is 6.29 Å². The van der Waals surface area contributed by atoms with E-state index in [1.54, 1.807) is 6.92 Å². The van der Waals surface area contributed by atoms with Crippen LogP contribution in [-0.2, 0) is 9.56 Å². The van der Waals surface area contributed by atoms with E-state index in [0.29, 0.717) is 0 Å². The molecule has 3 nitrogen and oxygen atoms in total. The van der Waals surface area contributed by atoms with Crippen LogP contribution in [0.15, 0.2) is 0 Å². The molecule has 1 rings (SSSR count). The summed E-state index contributed by atoms with van der Waals surface area (Å²) in [7, 11) is 0. The van der Waals surface area contributed by atoms with Crippen molar-refractivity contribution in [3.05, 3.63) is 0 Å². The Morgan fingerprint density at radius 2 is 2.20 bits per heavy atom. The van der Waals surface area contributed by atoms with Crippen LogP contribution in [0, 0.1) is 0 Å². The first-order valence-electron chi connectivity index (χ1n) is 1.38. The van der Waals surface area contributed by atoms with Gasteiger partial charge in [0.25, 0.3) is 0 Å². The van der Waals surface area contributed by atoms with Gasteiger partial charge in [-0.2, -0.15) is 0 Å². The zero-order valence-corrected chi connectivity index (χ0v) is 2.80. The fourth-order valence-corrected chi connectivity index (χ4v) is 0.111. The molecule has 0 radical (unpaired) electrons. The van der Waals surface area contributed by atoms with Crippen molar-refractivity contribution >= 4 is 0 Å². The lowest BCUT2D eigenvalue weighted by Gasteiger charge is -1.75. The monoisotopic (exact) mass is 76.0 g/mol. The summed E-state index contributed by atoms with van der Waals surface area (Å²) in [6.45, 7) is 1.65. The summed E-state index contributed by atoms with van der Waals surface area (Å²) < 4.78 is 1.16. The molecule has 1 aliphatic heterocycles. The Kier molecular flexibility index (Phi) is 0.419. The molecular weight excluding hydrogens is 72.0 g/mol. The second-order valence-corrected chi connectivity index (χ2v) is 0.924. The molecular formula is C2H4O3. The molecule has 1 fully saturated rings. The van der Waals surface area contributed by atoms with Gasteiger partial charge in [0, 0.05) is 6.92 Å². The number of hydrogen-bond acceptors (Lipinski definition) is 2. The van der Waals surface area contributed by atoms with Gasteiger partial charge < -0.3 is 5.26 Å². The minimum Gasteiger partial charge on any atom is -0.483 e. The molecule has 1 aliphatic rings. The van der Waals surface area contributed by atoms with Crippen LogP contribution in [0.25, 0.3) is 0 Å². The van der Waals surface area contributed by atoms with Crippen LogP contribution in [0.1, 0.15) is 6.92 Å². The molecule has 0 aliphatic carbocycles. The van der Waals surface area contributed by atoms with Crippen LogP contribution in [0.5, 0.6) is 0 Å². The molecule has 0 aromatic heterocycles. The Hall–Kier alpha value is -0.120. The second-order valence-electron chi connectivity index (χ2n) is 0.924. The first-order chi connectivity index (χ1) is 2.30. The van der Waals surface area contributed by atoms with Gasteiger partial charge in [0.2, 0.25) is 0 Å². The molecule has 0 bridgehead atoms. The topological polar surface area (TPSA) is 38.3 Å². The highest BCUT2D eigenvalue weighted by Crippen LogP contribution is 2.16. The third kappa shape index (κ3) is 0.397. The van der Waals surface area contributed by atoms with E-state index in [0.717, 1.165) is 4.67 Å². The summed E-state index contributed by atoms with van der Waals surface area (Å²) in [5.74, 6) is 0. The molecule has 1 heterocycles. The van der Waals surface area contributed by atoms with Crippen molar-refractivity contribution < 1.29 is 14.8 Å². The first-order valence-corrected chi connectivity index (χ1v) is 1.38. The van der Waals surface area contributed by atoms with Crippen molar-refractivity contribution in [2.24, 2.45) is 0 Å². The van der Waals surface area contributed by atoms with Crippen molar-refractivity contribution in [3.63, 3.8) is 0 Å². The van der Waals surface area contributed by atoms with Crippen molar-refractivity contribution in [1.82, 2.24) is 0 Å². The fraction of sp³-hybridized carbons (Fsp3) is 1.00. The molecule has 1 atom stereocenters. The third-order valence-corrected chi connectivity index (χ3v) is 0.463. The molecule has 1 saturated heterocycles. The van der Waals surface area contributed by atoms with E-state index in [4.69, 9.17) is 0 Å². The fourth-order valence-electron chi connectivity index (χ4n) is 0.111. The highest BCUT2D eigenvalue weighted by Gasteiger charge is 2.36. The van der Waals surface area contributed by atoms with Gasteiger partial charge in [-0.25, -0.2) is 4.67 Å². The van der Waals surface area contributed by atoms with Crippen molar-refractivity contribution in [2.45, 2.75) is 13.2 Å². The van der Waals surface area contributed by atoms with Gasteiger partial charge in [0.1, 0.15) is 0 Å². The lowest BCUT2D eigenvalue weighted by atomic mass is 10.8. The predicted octanol–water partition coefficient (Wildman–Crippen LogP) is -0.895. The quantitative estimate of drug-likeness (QED) is 0.213. The summed E-state index contributed by atoms with van der Waals surface area (Å²) in [5.41, 5.74) is 0. The lowest BCUT2D eigenvalue weighted by molar-refractivity contribution is -0.791. The molecule has 0 aromatic carbocycles. The van der Waals surface area contributed by atoms with Crippen LogP contribution in [0.3, 0.4) is 0 Å². The maximum absolute atomic E-state index is 9.50. The summed E-state index contributed by atoms with van der Waals surface area (Å²) in [6.07, 6.45) is -0.255. The van der Waals surface area contributed by atoms with E-state index in [2.05, 4.69) is 4.89 Å². The molecule has 30 valence electrons. The van der Waals surface area contributed by atoms with Gasteiger partial charge in [-0.05, 0) is 4.89 Å². The van der Waals surface area contributed by atoms with Gasteiger partial charge in [-0.1, -0.05) is 0 Å². The van der Waals surface area contributed by atoms with Gasteiger partial charge in [0.05, 0.1) is 0 Å². The normalized spacial score (nSPS) is 38.4. The van der Waals surface area contributed by atoms with Crippen LogP contribution in [-0.4, -0.2) is 6.29 Å². The molecule has 3 heteroatoms. The average molecular weight is 76.1 g/mol. The highest BCUT2D eigenvalue weighted by molar-refractivity contribution is 4.27. The average Bonchev–Trinajstić information content (AvgIpc) is 1.79.